The van der Waals surface area contributed by atoms with Crippen LogP contribution in [0.15, 0.2) is 30.5 Å². The highest BCUT2D eigenvalue weighted by molar-refractivity contribution is 6.09. The molecule has 4 nitrogen and oxygen atoms in total. The molecule has 0 saturated carbocycles. The van der Waals surface area contributed by atoms with Crippen LogP contribution in [0, 0.1) is 0 Å². The van der Waals surface area contributed by atoms with E-state index in [1.54, 1.807) is 6.20 Å². The van der Waals surface area contributed by atoms with Gasteiger partial charge in [0.2, 0.25) is 6.41 Å². The molecule has 0 spiro atoms. The van der Waals surface area contributed by atoms with E-state index in [9.17, 15) is 9.59 Å². The van der Waals surface area contributed by atoms with E-state index in [-0.39, 0.29) is 12.3 Å². The number of aromatic nitrogens is 1. The highest BCUT2D eigenvalue weighted by Gasteiger charge is 2.10. The van der Waals surface area contributed by atoms with Crippen molar-refractivity contribution in [3.63, 3.8) is 0 Å². The Hall–Kier alpha value is -2.10. The lowest BCUT2D eigenvalue weighted by molar-refractivity contribution is -0.109. The number of nitrogens with one attached hydrogen (secondary N) is 2. The maximum Gasteiger partial charge on any atom is 0.207 e. The van der Waals surface area contributed by atoms with Gasteiger partial charge in [-0.2, -0.15) is 0 Å². The summed E-state index contributed by atoms with van der Waals surface area (Å²) in [7, 11) is 0. The molecule has 0 saturated heterocycles. The molecule has 76 valence electrons. The van der Waals surface area contributed by atoms with Gasteiger partial charge in [0, 0.05) is 22.7 Å². The maximum atomic E-state index is 11.6. The predicted octanol–water partition coefficient (Wildman–Crippen LogP) is 1.10. The lowest BCUT2D eigenvalue weighted by Gasteiger charge is -1.97. The Bertz CT molecular complexity index is 502. The molecule has 1 amide bonds. The number of hydrogen-bond donors (Lipinski definition) is 2. The fourth-order valence-corrected chi connectivity index (χ4v) is 1.53. The van der Waals surface area contributed by atoms with E-state index in [0.717, 1.165) is 10.9 Å². The zero-order valence-electron chi connectivity index (χ0n) is 7.99. The second-order valence-electron chi connectivity index (χ2n) is 3.17. The number of benzene rings is 1. The second kappa shape index (κ2) is 3.96. The Morgan fingerprint density at radius 2 is 2.20 bits per heavy atom. The van der Waals surface area contributed by atoms with Gasteiger partial charge < -0.3 is 10.3 Å². The molecule has 2 rings (SSSR count). The number of carbonyl (C=O) groups excluding carboxylic acids is 2. The Morgan fingerprint density at radius 1 is 1.40 bits per heavy atom. The number of rotatable bonds is 4. The molecular formula is C11H10N2O2. The summed E-state index contributed by atoms with van der Waals surface area (Å²) in [5, 5.41) is 3.24. The topological polar surface area (TPSA) is 62.0 Å². The Morgan fingerprint density at radius 3 is 3.00 bits per heavy atom. The monoisotopic (exact) mass is 202 g/mol. The number of H-pyrrole nitrogens is 1. The molecule has 2 N–H and O–H groups in total. The highest BCUT2D eigenvalue weighted by Crippen LogP contribution is 2.17. The first-order chi connectivity index (χ1) is 7.33. The van der Waals surface area contributed by atoms with Crippen LogP contribution >= 0.6 is 0 Å². The smallest absolute Gasteiger partial charge is 0.207 e. The number of aromatic amines is 1. The van der Waals surface area contributed by atoms with Crippen LogP contribution in [0.4, 0.5) is 0 Å². The molecule has 0 aliphatic heterocycles. The molecule has 1 aromatic carbocycles. The van der Waals surface area contributed by atoms with Crippen LogP contribution in [0.5, 0.6) is 0 Å². The summed E-state index contributed by atoms with van der Waals surface area (Å²) in [4.78, 5) is 24.7. The standard InChI is InChI=1S/C11H10N2O2/c14-7-12-6-11(15)9-5-13-10-4-2-1-3-8(9)10/h1-5,7,13H,6H2,(H,12,14). The van der Waals surface area contributed by atoms with Crippen molar-refractivity contribution < 1.29 is 9.59 Å². The minimum absolute atomic E-state index is 0.0331. The van der Waals surface area contributed by atoms with E-state index < -0.39 is 0 Å². The van der Waals surface area contributed by atoms with Crippen molar-refractivity contribution in [1.82, 2.24) is 10.3 Å². The van der Waals surface area contributed by atoms with Gasteiger partial charge in [-0.25, -0.2) is 0 Å². The molecule has 0 aliphatic carbocycles. The third-order valence-electron chi connectivity index (χ3n) is 2.24. The van der Waals surface area contributed by atoms with Gasteiger partial charge in [-0.1, -0.05) is 18.2 Å². The predicted molar refractivity (Wildman–Crippen MR) is 56.7 cm³/mol. The number of amides is 1. The van der Waals surface area contributed by atoms with E-state index in [2.05, 4.69) is 10.3 Å². The number of hydrogen-bond acceptors (Lipinski definition) is 2. The first kappa shape index (κ1) is 9.45. The van der Waals surface area contributed by atoms with Crippen LogP contribution in [-0.2, 0) is 4.79 Å². The average molecular weight is 202 g/mol. The first-order valence-corrected chi connectivity index (χ1v) is 4.59. The van der Waals surface area contributed by atoms with E-state index in [1.165, 1.54) is 0 Å². The third-order valence-corrected chi connectivity index (χ3v) is 2.24. The summed E-state index contributed by atoms with van der Waals surface area (Å²) in [6.07, 6.45) is 2.19. The maximum absolute atomic E-state index is 11.6. The van der Waals surface area contributed by atoms with Crippen molar-refractivity contribution in [2.45, 2.75) is 0 Å². The van der Waals surface area contributed by atoms with Crippen molar-refractivity contribution in [3.8, 4) is 0 Å². The molecule has 1 aromatic heterocycles. The molecule has 0 atom stereocenters. The number of Topliss-reactive ketones (excluding diaryl/α,β-unsaturated/α-hetero) is 1. The number of fused-ring (bicyclic) bond motifs is 1. The molecule has 0 bridgehead atoms. The van der Waals surface area contributed by atoms with Gasteiger partial charge in [0.1, 0.15) is 0 Å². The van der Waals surface area contributed by atoms with Crippen LogP contribution in [0.2, 0.25) is 0 Å². The summed E-state index contributed by atoms with van der Waals surface area (Å²) in [6, 6.07) is 7.55. The van der Waals surface area contributed by atoms with Crippen molar-refractivity contribution >= 4 is 23.1 Å². The zero-order valence-corrected chi connectivity index (χ0v) is 7.99. The summed E-state index contributed by atoms with van der Waals surface area (Å²) < 4.78 is 0. The lowest BCUT2D eigenvalue weighted by Crippen LogP contribution is -2.20. The quantitative estimate of drug-likeness (QED) is 0.576. The molecule has 0 fully saturated rings. The normalized spacial score (nSPS) is 10.1. The largest absolute Gasteiger partial charge is 0.360 e. The Balaban J connectivity index is 2.35. The zero-order chi connectivity index (χ0) is 10.7. The van der Waals surface area contributed by atoms with E-state index >= 15 is 0 Å². The van der Waals surface area contributed by atoms with Gasteiger partial charge in [-0.05, 0) is 6.07 Å². The number of carbonyl (C=O) groups is 2. The molecule has 0 aliphatic rings. The molecule has 15 heavy (non-hydrogen) atoms. The minimum Gasteiger partial charge on any atom is -0.360 e. The van der Waals surface area contributed by atoms with E-state index in [1.807, 2.05) is 24.3 Å². The summed E-state index contributed by atoms with van der Waals surface area (Å²) in [5.74, 6) is -0.0976. The van der Waals surface area contributed by atoms with Crippen molar-refractivity contribution in [3.05, 3.63) is 36.0 Å². The molecule has 0 radical (unpaired) electrons. The van der Waals surface area contributed by atoms with Crippen molar-refractivity contribution in [1.29, 1.82) is 0 Å². The van der Waals surface area contributed by atoms with Crippen LogP contribution in [0.25, 0.3) is 10.9 Å². The molecule has 1 heterocycles. The fraction of sp³-hybridized carbons (Fsp3) is 0.0909. The van der Waals surface area contributed by atoms with Gasteiger partial charge in [0.25, 0.3) is 0 Å². The SMILES string of the molecule is O=CNCC(=O)c1c[nH]c2ccccc12. The highest BCUT2D eigenvalue weighted by atomic mass is 16.1. The van der Waals surface area contributed by atoms with Crippen LogP contribution in [-0.4, -0.2) is 23.7 Å². The molecular weight excluding hydrogens is 192 g/mol. The molecule has 0 unspecified atom stereocenters. The van der Waals surface area contributed by atoms with Crippen LogP contribution < -0.4 is 5.32 Å². The van der Waals surface area contributed by atoms with Gasteiger partial charge in [-0.15, -0.1) is 0 Å². The van der Waals surface area contributed by atoms with Gasteiger partial charge >= 0.3 is 0 Å². The summed E-state index contributed by atoms with van der Waals surface area (Å²) >= 11 is 0. The number of para-hydroxylation sites is 1. The summed E-state index contributed by atoms with van der Waals surface area (Å²) in [5.41, 5.74) is 1.53. The van der Waals surface area contributed by atoms with Crippen molar-refractivity contribution in [2.75, 3.05) is 6.54 Å². The van der Waals surface area contributed by atoms with E-state index in [0.29, 0.717) is 12.0 Å². The Kier molecular flexibility index (Phi) is 2.49. The van der Waals surface area contributed by atoms with Gasteiger partial charge in [-0.3, -0.25) is 9.59 Å². The van der Waals surface area contributed by atoms with Crippen LogP contribution in [0.1, 0.15) is 10.4 Å². The average Bonchev–Trinajstić information content (AvgIpc) is 2.69. The lowest BCUT2D eigenvalue weighted by atomic mass is 10.1. The molecule has 4 heteroatoms. The summed E-state index contributed by atoms with van der Waals surface area (Å²) in [6.45, 7) is 0.0331. The van der Waals surface area contributed by atoms with Gasteiger partial charge in [0.15, 0.2) is 5.78 Å². The third kappa shape index (κ3) is 1.74. The van der Waals surface area contributed by atoms with Crippen molar-refractivity contribution in [2.24, 2.45) is 0 Å². The van der Waals surface area contributed by atoms with E-state index in [4.69, 9.17) is 0 Å². The first-order valence-electron chi connectivity index (χ1n) is 4.59. The van der Waals surface area contributed by atoms with Gasteiger partial charge in [0.05, 0.1) is 6.54 Å². The number of ketones is 1. The Labute approximate surface area is 86.3 Å². The molecule has 2 aromatic rings. The van der Waals surface area contributed by atoms with Crippen LogP contribution in [0.3, 0.4) is 0 Å². The fourth-order valence-electron chi connectivity index (χ4n) is 1.53. The second-order valence-corrected chi connectivity index (χ2v) is 3.17. The minimum atomic E-state index is -0.0976.